The van der Waals surface area contributed by atoms with E-state index in [1.165, 1.54) is 44.2 Å². The van der Waals surface area contributed by atoms with E-state index in [-0.39, 0.29) is 17.0 Å². The Hall–Kier alpha value is -4.34. The lowest BCUT2D eigenvalue weighted by atomic mass is 9.99. The molecular formula is C28H28ClF6N5O5. The lowest BCUT2D eigenvalue weighted by molar-refractivity contribution is -0.149. The molecule has 0 radical (unpaired) electrons. The average Bonchev–Trinajstić information content (AvgIpc) is 3.24. The summed E-state index contributed by atoms with van der Waals surface area (Å²) in [5.74, 6) is -2.84. The average molecular weight is 664 g/mol. The van der Waals surface area contributed by atoms with Gasteiger partial charge in [-0.25, -0.2) is 14.3 Å². The van der Waals surface area contributed by atoms with Crippen molar-refractivity contribution in [3.63, 3.8) is 0 Å². The molecule has 2 aromatic carbocycles. The summed E-state index contributed by atoms with van der Waals surface area (Å²) >= 11 is 5.88. The van der Waals surface area contributed by atoms with E-state index in [0.29, 0.717) is 9.70 Å². The standard InChI is InChI=1S/C28H28ClF6N5O5/c1-26(2,24(43)45-3)37-21(41)14-20(17-5-4-6-18(13-17)28(33,34)35)36-22(42)15-40-25(44)39(12-11-27(30,31)32)23(38-40)16-7-9-19(29)10-8-16/h4-10,13,20H,11-12,14-15H2,1-3H3,(H,36,42)(H,37,41). The second kappa shape index (κ2) is 13.7. The number of ether oxygens (including phenoxy) is 1. The Morgan fingerprint density at radius 2 is 1.64 bits per heavy atom. The van der Waals surface area contributed by atoms with Gasteiger partial charge in [-0.2, -0.15) is 26.3 Å². The molecule has 0 saturated heterocycles. The van der Waals surface area contributed by atoms with Gasteiger partial charge in [0.05, 0.1) is 31.6 Å². The van der Waals surface area contributed by atoms with Gasteiger partial charge in [0.25, 0.3) is 0 Å². The first-order chi connectivity index (χ1) is 20.8. The predicted octanol–water partition coefficient (Wildman–Crippen LogP) is 4.65. The number of amides is 2. The molecule has 17 heteroatoms. The van der Waals surface area contributed by atoms with Crippen LogP contribution in [0.1, 0.15) is 43.9 Å². The van der Waals surface area contributed by atoms with Crippen LogP contribution < -0.4 is 16.3 Å². The number of methoxy groups -OCH3 is 1. The van der Waals surface area contributed by atoms with Gasteiger partial charge in [-0.3, -0.25) is 14.2 Å². The number of esters is 1. The molecule has 10 nitrogen and oxygen atoms in total. The minimum atomic E-state index is -4.76. The minimum absolute atomic E-state index is 0.130. The summed E-state index contributed by atoms with van der Waals surface area (Å²) in [4.78, 5) is 51.1. The summed E-state index contributed by atoms with van der Waals surface area (Å²) in [6, 6.07) is 8.09. The highest BCUT2D eigenvalue weighted by molar-refractivity contribution is 6.30. The van der Waals surface area contributed by atoms with Crippen LogP contribution in [-0.2, 0) is 38.4 Å². The van der Waals surface area contributed by atoms with E-state index < -0.39 is 78.9 Å². The quantitative estimate of drug-likeness (QED) is 0.227. The second-order valence-corrected chi connectivity index (χ2v) is 10.8. The summed E-state index contributed by atoms with van der Waals surface area (Å²) in [5, 5.41) is 9.11. The molecular weight excluding hydrogens is 636 g/mol. The molecule has 1 aromatic heterocycles. The van der Waals surface area contributed by atoms with E-state index in [0.717, 1.165) is 29.9 Å². The zero-order valence-corrected chi connectivity index (χ0v) is 24.8. The molecule has 0 bridgehead atoms. The van der Waals surface area contributed by atoms with Gasteiger partial charge in [-0.15, -0.1) is 5.10 Å². The lowest BCUT2D eigenvalue weighted by Gasteiger charge is -2.25. The molecule has 0 aliphatic heterocycles. The molecule has 0 aliphatic rings. The van der Waals surface area contributed by atoms with Crippen LogP contribution in [0.5, 0.6) is 0 Å². The lowest BCUT2D eigenvalue weighted by Crippen LogP contribution is -2.51. The van der Waals surface area contributed by atoms with Gasteiger partial charge in [-0.05, 0) is 55.8 Å². The maximum atomic E-state index is 13.4. The summed E-state index contributed by atoms with van der Waals surface area (Å²) in [5.41, 5.74) is -3.56. The largest absolute Gasteiger partial charge is 0.467 e. The molecule has 45 heavy (non-hydrogen) atoms. The zero-order valence-electron chi connectivity index (χ0n) is 24.1. The Labute approximate surface area is 257 Å². The number of alkyl halides is 6. The monoisotopic (exact) mass is 663 g/mol. The number of nitrogens with one attached hydrogen (secondary N) is 2. The van der Waals surface area contributed by atoms with Crippen LogP contribution in [0.15, 0.2) is 53.3 Å². The van der Waals surface area contributed by atoms with Crippen LogP contribution in [0.2, 0.25) is 5.02 Å². The van der Waals surface area contributed by atoms with Gasteiger partial charge in [0.15, 0.2) is 5.82 Å². The maximum Gasteiger partial charge on any atom is 0.416 e. The van der Waals surface area contributed by atoms with E-state index in [1.54, 1.807) is 0 Å². The first-order valence-corrected chi connectivity index (χ1v) is 13.5. The third kappa shape index (κ3) is 9.57. The van der Waals surface area contributed by atoms with Crippen LogP contribution in [0, 0.1) is 0 Å². The first kappa shape index (κ1) is 35.1. The predicted molar refractivity (Wildman–Crippen MR) is 149 cm³/mol. The molecule has 0 saturated carbocycles. The number of carbonyl (C=O) groups excluding carboxylic acids is 3. The third-order valence-electron chi connectivity index (χ3n) is 6.43. The van der Waals surface area contributed by atoms with Gasteiger partial charge < -0.3 is 15.4 Å². The van der Waals surface area contributed by atoms with E-state index in [9.17, 15) is 45.5 Å². The fraction of sp³-hybridized carbons (Fsp3) is 0.393. The van der Waals surface area contributed by atoms with Crippen LogP contribution in [0.25, 0.3) is 11.4 Å². The van der Waals surface area contributed by atoms with Crippen molar-refractivity contribution in [1.82, 2.24) is 25.0 Å². The van der Waals surface area contributed by atoms with Gasteiger partial charge in [0, 0.05) is 17.1 Å². The third-order valence-corrected chi connectivity index (χ3v) is 6.68. The van der Waals surface area contributed by atoms with Crippen LogP contribution in [0.3, 0.4) is 0 Å². The molecule has 3 aromatic rings. The molecule has 2 N–H and O–H groups in total. The molecule has 1 atom stereocenters. The molecule has 1 heterocycles. The fourth-order valence-electron chi connectivity index (χ4n) is 4.25. The molecule has 244 valence electrons. The van der Waals surface area contributed by atoms with Crippen molar-refractivity contribution in [2.45, 2.75) is 63.7 Å². The molecule has 3 rings (SSSR count). The fourth-order valence-corrected chi connectivity index (χ4v) is 4.37. The summed E-state index contributed by atoms with van der Waals surface area (Å²) in [6.45, 7) is 0.983. The van der Waals surface area contributed by atoms with Crippen LogP contribution in [0.4, 0.5) is 26.3 Å². The number of carbonyl (C=O) groups is 3. The highest BCUT2D eigenvalue weighted by Crippen LogP contribution is 2.31. The minimum Gasteiger partial charge on any atom is -0.467 e. The number of aromatic nitrogens is 3. The Morgan fingerprint density at radius 1 is 1.00 bits per heavy atom. The van der Waals surface area contributed by atoms with Crippen LogP contribution >= 0.6 is 11.6 Å². The SMILES string of the molecule is COC(=O)C(C)(C)NC(=O)CC(NC(=O)Cn1nc(-c2ccc(Cl)cc2)n(CCC(F)(F)F)c1=O)c1cccc(C(F)(F)F)c1. The molecule has 0 fully saturated rings. The van der Waals surface area contributed by atoms with Crippen molar-refractivity contribution >= 4 is 29.4 Å². The summed E-state index contributed by atoms with van der Waals surface area (Å²) < 4.78 is 85.3. The van der Waals surface area contributed by atoms with E-state index in [4.69, 9.17) is 11.6 Å². The van der Waals surface area contributed by atoms with Crippen molar-refractivity contribution in [1.29, 1.82) is 0 Å². The number of hydrogen-bond donors (Lipinski definition) is 2. The number of rotatable bonds is 11. The van der Waals surface area contributed by atoms with E-state index in [2.05, 4.69) is 20.5 Å². The molecule has 0 aliphatic carbocycles. The molecule has 0 spiro atoms. The number of hydrogen-bond acceptors (Lipinski definition) is 6. The van der Waals surface area contributed by atoms with Gasteiger partial charge in [-0.1, -0.05) is 23.7 Å². The van der Waals surface area contributed by atoms with E-state index in [1.807, 2.05) is 0 Å². The Bertz CT molecular complexity index is 1600. The van der Waals surface area contributed by atoms with Crippen LogP contribution in [-0.4, -0.2) is 51.0 Å². The Kier molecular flexibility index (Phi) is 10.7. The smallest absolute Gasteiger partial charge is 0.416 e. The molecule has 1 unspecified atom stereocenters. The topological polar surface area (TPSA) is 124 Å². The molecule has 2 amide bonds. The Balaban J connectivity index is 1.94. The second-order valence-electron chi connectivity index (χ2n) is 10.4. The van der Waals surface area contributed by atoms with Crippen molar-refractivity contribution < 1.29 is 45.5 Å². The van der Waals surface area contributed by atoms with Gasteiger partial charge in [0.2, 0.25) is 11.8 Å². The summed E-state index contributed by atoms with van der Waals surface area (Å²) in [6.07, 6.45) is -11.4. The van der Waals surface area contributed by atoms with Crippen molar-refractivity contribution in [3.05, 3.63) is 75.2 Å². The highest BCUT2D eigenvalue weighted by Gasteiger charge is 2.34. The van der Waals surface area contributed by atoms with Crippen molar-refractivity contribution in [2.75, 3.05) is 7.11 Å². The number of halogens is 7. The van der Waals surface area contributed by atoms with Crippen molar-refractivity contribution in [2.24, 2.45) is 0 Å². The normalized spacial score (nSPS) is 12.8. The highest BCUT2D eigenvalue weighted by atomic mass is 35.5. The van der Waals surface area contributed by atoms with Gasteiger partial charge >= 0.3 is 24.0 Å². The summed E-state index contributed by atoms with van der Waals surface area (Å²) in [7, 11) is 1.09. The number of benzene rings is 2. The maximum absolute atomic E-state index is 13.4. The first-order valence-electron chi connectivity index (χ1n) is 13.2. The van der Waals surface area contributed by atoms with Gasteiger partial charge in [0.1, 0.15) is 12.1 Å². The zero-order chi connectivity index (χ0) is 33.7. The Morgan fingerprint density at radius 3 is 2.22 bits per heavy atom. The van der Waals surface area contributed by atoms with E-state index >= 15 is 0 Å². The number of nitrogens with zero attached hydrogens (tertiary/aromatic N) is 3. The van der Waals surface area contributed by atoms with Crippen molar-refractivity contribution in [3.8, 4) is 11.4 Å².